The number of allylic oxidation sites excluding steroid dienone is 1. The van der Waals surface area contributed by atoms with Gasteiger partial charge in [-0.1, -0.05) is 31.1 Å². The van der Waals surface area contributed by atoms with E-state index in [2.05, 4.69) is 23.2 Å². The van der Waals surface area contributed by atoms with Gasteiger partial charge in [0.1, 0.15) is 0 Å². The fraction of sp³-hybridized carbons (Fsp3) is 0.462. The third-order valence-electron chi connectivity index (χ3n) is 2.27. The van der Waals surface area contributed by atoms with Crippen LogP contribution >= 0.6 is 0 Å². The van der Waals surface area contributed by atoms with Gasteiger partial charge >= 0.3 is 0 Å². The molecular weight excluding hydrogens is 186 g/mol. The monoisotopic (exact) mass is 205 g/mol. The van der Waals surface area contributed by atoms with Crippen LogP contribution in [0.5, 0.6) is 0 Å². The van der Waals surface area contributed by atoms with Gasteiger partial charge in [0.05, 0.1) is 0 Å². The molecule has 0 amide bonds. The number of aliphatic hydroxyl groups is 1. The molecule has 1 N–H and O–H groups in total. The van der Waals surface area contributed by atoms with Gasteiger partial charge in [-0.15, -0.1) is 0 Å². The van der Waals surface area contributed by atoms with Gasteiger partial charge in [-0.05, 0) is 30.9 Å². The Bertz CT molecular complexity index is 269. The smallest absolute Gasteiger partial charge is 0.0431 e. The van der Waals surface area contributed by atoms with Crippen molar-refractivity contribution in [3.8, 4) is 0 Å². The molecule has 2 nitrogen and oxygen atoms in total. The van der Waals surface area contributed by atoms with Crippen molar-refractivity contribution < 1.29 is 5.11 Å². The number of aromatic nitrogens is 1. The highest BCUT2D eigenvalue weighted by molar-refractivity contribution is 5.46. The molecule has 0 saturated heterocycles. The molecule has 1 aromatic heterocycles. The Morgan fingerprint density at radius 2 is 2.07 bits per heavy atom. The maximum absolute atomic E-state index is 8.60. The predicted octanol–water partition coefficient (Wildman–Crippen LogP) is 3.04. The minimum absolute atomic E-state index is 0.325. The van der Waals surface area contributed by atoms with Crippen molar-refractivity contribution in [2.75, 3.05) is 6.61 Å². The second-order valence-electron chi connectivity index (χ2n) is 3.62. The molecule has 0 aliphatic heterocycles. The zero-order valence-electron chi connectivity index (χ0n) is 9.10. The first-order valence-corrected chi connectivity index (χ1v) is 5.61. The second kappa shape index (κ2) is 8.18. The number of unbranched alkanes of at least 4 members (excludes halogenated alkanes) is 4. The van der Waals surface area contributed by atoms with Crippen molar-refractivity contribution in [3.05, 3.63) is 36.2 Å². The molecule has 1 heterocycles. The number of rotatable bonds is 7. The molecule has 0 saturated carbocycles. The van der Waals surface area contributed by atoms with E-state index in [1.165, 1.54) is 12.8 Å². The highest BCUT2D eigenvalue weighted by atomic mass is 16.2. The summed E-state index contributed by atoms with van der Waals surface area (Å²) in [6.07, 6.45) is 13.5. The van der Waals surface area contributed by atoms with Crippen LogP contribution in [0.15, 0.2) is 30.6 Å². The van der Waals surface area contributed by atoms with Crippen LogP contribution in [-0.4, -0.2) is 16.7 Å². The quantitative estimate of drug-likeness (QED) is 0.694. The fourth-order valence-electron chi connectivity index (χ4n) is 1.42. The standard InChI is InChI=1S/C13H19NO/c15-11-6-4-2-1-3-5-8-13-9-7-10-14-12-13/h5,7-10,12,15H,1-4,6,11H2/b8-5+. The Kier molecular flexibility index (Phi) is 6.50. The lowest BCUT2D eigenvalue weighted by atomic mass is 10.1. The summed E-state index contributed by atoms with van der Waals surface area (Å²) in [5.74, 6) is 0. The summed E-state index contributed by atoms with van der Waals surface area (Å²) >= 11 is 0. The molecule has 0 atom stereocenters. The number of hydrogen-bond acceptors (Lipinski definition) is 2. The van der Waals surface area contributed by atoms with Crippen LogP contribution in [0.3, 0.4) is 0 Å². The highest BCUT2D eigenvalue weighted by Crippen LogP contribution is 2.05. The van der Waals surface area contributed by atoms with Gasteiger partial charge in [0.2, 0.25) is 0 Å². The molecule has 2 heteroatoms. The van der Waals surface area contributed by atoms with E-state index in [1.54, 1.807) is 6.20 Å². The van der Waals surface area contributed by atoms with Crippen LogP contribution < -0.4 is 0 Å². The topological polar surface area (TPSA) is 33.1 Å². The van der Waals surface area contributed by atoms with Crippen LogP contribution in [0.4, 0.5) is 0 Å². The molecule has 0 aliphatic carbocycles. The minimum atomic E-state index is 0.325. The third-order valence-corrected chi connectivity index (χ3v) is 2.27. The maximum Gasteiger partial charge on any atom is 0.0431 e. The van der Waals surface area contributed by atoms with Crippen molar-refractivity contribution in [1.82, 2.24) is 4.98 Å². The van der Waals surface area contributed by atoms with Gasteiger partial charge in [0, 0.05) is 19.0 Å². The first-order chi connectivity index (χ1) is 7.43. The predicted molar refractivity (Wildman–Crippen MR) is 63.4 cm³/mol. The molecule has 15 heavy (non-hydrogen) atoms. The maximum atomic E-state index is 8.60. The van der Waals surface area contributed by atoms with Crippen LogP contribution in [0.25, 0.3) is 6.08 Å². The van der Waals surface area contributed by atoms with Gasteiger partial charge in [-0.2, -0.15) is 0 Å². The molecule has 0 bridgehead atoms. The van der Waals surface area contributed by atoms with E-state index in [0.717, 1.165) is 24.8 Å². The van der Waals surface area contributed by atoms with Crippen molar-refractivity contribution in [1.29, 1.82) is 0 Å². The molecule has 82 valence electrons. The van der Waals surface area contributed by atoms with Crippen LogP contribution in [-0.2, 0) is 0 Å². The summed E-state index contributed by atoms with van der Waals surface area (Å²) in [5.41, 5.74) is 1.16. The Morgan fingerprint density at radius 1 is 1.20 bits per heavy atom. The van der Waals surface area contributed by atoms with Crippen LogP contribution in [0.2, 0.25) is 0 Å². The SMILES string of the molecule is OCCCCCC/C=C/c1cccnc1. The number of hydrogen-bond donors (Lipinski definition) is 1. The second-order valence-corrected chi connectivity index (χ2v) is 3.62. The molecule has 1 aromatic rings. The van der Waals surface area contributed by atoms with Gasteiger partial charge in [0.25, 0.3) is 0 Å². The molecule has 0 aromatic carbocycles. The molecule has 0 unspecified atom stereocenters. The largest absolute Gasteiger partial charge is 0.396 e. The Hall–Kier alpha value is -1.15. The average Bonchev–Trinajstić information content (AvgIpc) is 2.29. The zero-order valence-corrected chi connectivity index (χ0v) is 9.10. The van der Waals surface area contributed by atoms with Crippen molar-refractivity contribution in [2.24, 2.45) is 0 Å². The average molecular weight is 205 g/mol. The zero-order chi connectivity index (χ0) is 10.8. The lowest BCUT2D eigenvalue weighted by Crippen LogP contribution is -1.82. The van der Waals surface area contributed by atoms with Crippen LogP contribution in [0.1, 0.15) is 37.7 Å². The van der Waals surface area contributed by atoms with Gasteiger partial charge in [-0.25, -0.2) is 0 Å². The van der Waals surface area contributed by atoms with Gasteiger partial charge < -0.3 is 5.11 Å². The van der Waals surface area contributed by atoms with E-state index >= 15 is 0 Å². The molecule has 0 spiro atoms. The summed E-state index contributed by atoms with van der Waals surface area (Å²) < 4.78 is 0. The lowest BCUT2D eigenvalue weighted by Gasteiger charge is -1.96. The van der Waals surface area contributed by atoms with Gasteiger partial charge in [-0.3, -0.25) is 4.98 Å². The number of nitrogens with zero attached hydrogens (tertiary/aromatic N) is 1. The number of aliphatic hydroxyl groups excluding tert-OH is 1. The van der Waals surface area contributed by atoms with E-state index in [0.29, 0.717) is 6.61 Å². The van der Waals surface area contributed by atoms with E-state index in [1.807, 2.05) is 12.3 Å². The third kappa shape index (κ3) is 6.02. The molecule has 1 rings (SSSR count). The summed E-state index contributed by atoms with van der Waals surface area (Å²) in [4.78, 5) is 4.05. The Morgan fingerprint density at radius 3 is 2.80 bits per heavy atom. The highest BCUT2D eigenvalue weighted by Gasteiger charge is 1.87. The first-order valence-electron chi connectivity index (χ1n) is 5.61. The molecular formula is C13H19NO. The van der Waals surface area contributed by atoms with E-state index in [9.17, 15) is 0 Å². The van der Waals surface area contributed by atoms with Crippen molar-refractivity contribution in [2.45, 2.75) is 32.1 Å². The lowest BCUT2D eigenvalue weighted by molar-refractivity contribution is 0.282. The number of pyridine rings is 1. The van der Waals surface area contributed by atoms with E-state index in [-0.39, 0.29) is 0 Å². The minimum Gasteiger partial charge on any atom is -0.396 e. The summed E-state index contributed by atoms with van der Waals surface area (Å²) in [7, 11) is 0. The molecule has 0 aliphatic rings. The van der Waals surface area contributed by atoms with Crippen molar-refractivity contribution >= 4 is 6.08 Å². The van der Waals surface area contributed by atoms with E-state index < -0.39 is 0 Å². The van der Waals surface area contributed by atoms with Gasteiger partial charge in [0.15, 0.2) is 0 Å². The summed E-state index contributed by atoms with van der Waals surface area (Å²) in [6.45, 7) is 0.325. The van der Waals surface area contributed by atoms with E-state index in [4.69, 9.17) is 5.11 Å². The summed E-state index contributed by atoms with van der Waals surface area (Å²) in [6, 6.07) is 4.00. The first kappa shape index (κ1) is 11.9. The Labute approximate surface area is 91.7 Å². The Balaban J connectivity index is 2.07. The summed E-state index contributed by atoms with van der Waals surface area (Å²) in [5, 5.41) is 8.60. The fourth-order valence-corrected chi connectivity index (χ4v) is 1.42. The van der Waals surface area contributed by atoms with Crippen LogP contribution in [0, 0.1) is 0 Å². The molecule has 0 fully saturated rings. The molecule has 0 radical (unpaired) electrons. The normalized spacial score (nSPS) is 11.0. The van der Waals surface area contributed by atoms with Crippen molar-refractivity contribution in [3.63, 3.8) is 0 Å².